The van der Waals surface area contributed by atoms with E-state index in [0.717, 1.165) is 52.0 Å². The van der Waals surface area contributed by atoms with Gasteiger partial charge in [0.05, 0.1) is 23.4 Å². The van der Waals surface area contributed by atoms with Gasteiger partial charge in [-0.25, -0.2) is 0 Å². The molecule has 0 aliphatic heterocycles. The van der Waals surface area contributed by atoms with Crippen molar-refractivity contribution in [3.05, 3.63) is 48.0 Å². The Bertz CT molecular complexity index is 1260. The summed E-state index contributed by atoms with van der Waals surface area (Å²) in [6, 6.07) is 17.3. The molecule has 0 spiro atoms. The van der Waals surface area contributed by atoms with Crippen molar-refractivity contribution < 1.29 is 18.8 Å². The van der Waals surface area contributed by atoms with Crippen LogP contribution in [0.5, 0.6) is 5.75 Å². The highest BCUT2D eigenvalue weighted by Crippen LogP contribution is 2.43. The molecule has 7 nitrogen and oxygen atoms in total. The Morgan fingerprint density at radius 3 is 2.42 bits per heavy atom. The molecule has 2 saturated carbocycles. The molecule has 0 bridgehead atoms. The molecular weight excluding hydrogens is 497 g/mol. The summed E-state index contributed by atoms with van der Waals surface area (Å²) in [6.07, 6.45) is 6.14. The molecule has 1 heterocycles. The molecule has 38 heavy (non-hydrogen) atoms. The number of carbonyl (C=O) groups is 1. The molecule has 0 saturated heterocycles. The van der Waals surface area contributed by atoms with Crippen LogP contribution in [0, 0.1) is 17.2 Å². The van der Waals surface area contributed by atoms with Gasteiger partial charge >= 0.3 is 0 Å². The second-order valence-electron chi connectivity index (χ2n) is 10.1. The zero-order chi connectivity index (χ0) is 27.1. The first-order valence-corrected chi connectivity index (χ1v) is 15.5. The van der Waals surface area contributed by atoms with Crippen LogP contribution in [0.3, 0.4) is 0 Å². The van der Waals surface area contributed by atoms with E-state index in [1.807, 2.05) is 26.1 Å². The minimum atomic E-state index is -0.375. The SMILES string of the molecule is CNc1ccc(-c2c(C#N)c3ccc(OCCOP(C)C)cc3n2C2CCC2)cc1.C[C@@H](OC=O)C1CC1. The summed E-state index contributed by atoms with van der Waals surface area (Å²) in [5.41, 5.74) is 4.97. The predicted molar refractivity (Wildman–Crippen MR) is 154 cm³/mol. The van der Waals surface area contributed by atoms with Crippen LogP contribution in [0.4, 0.5) is 5.69 Å². The average molecular weight is 536 g/mol. The summed E-state index contributed by atoms with van der Waals surface area (Å²) in [7, 11) is 1.54. The Hall–Kier alpha value is -3.07. The van der Waals surface area contributed by atoms with Crippen LogP contribution < -0.4 is 10.1 Å². The Morgan fingerprint density at radius 2 is 1.87 bits per heavy atom. The fourth-order valence-electron chi connectivity index (χ4n) is 4.74. The van der Waals surface area contributed by atoms with Crippen LogP contribution in [-0.2, 0) is 14.1 Å². The quantitative estimate of drug-likeness (QED) is 0.162. The molecule has 5 rings (SSSR count). The van der Waals surface area contributed by atoms with E-state index in [0.29, 0.717) is 31.6 Å². The summed E-state index contributed by atoms with van der Waals surface area (Å²) >= 11 is 0. The molecule has 0 amide bonds. The van der Waals surface area contributed by atoms with Crippen LogP contribution in [0.2, 0.25) is 0 Å². The molecule has 1 aromatic heterocycles. The average Bonchev–Trinajstić information content (AvgIpc) is 3.70. The van der Waals surface area contributed by atoms with Gasteiger partial charge in [0.2, 0.25) is 0 Å². The van der Waals surface area contributed by atoms with Gasteiger partial charge in [-0.2, -0.15) is 5.26 Å². The summed E-state index contributed by atoms with van der Waals surface area (Å²) in [6.45, 7) is 7.75. The number of anilines is 1. The number of rotatable bonds is 11. The third-order valence-electron chi connectivity index (χ3n) is 7.23. The second kappa shape index (κ2) is 13.1. The van der Waals surface area contributed by atoms with E-state index in [9.17, 15) is 10.1 Å². The number of fused-ring (bicyclic) bond motifs is 1. The number of nitrogens with zero attached hydrogens (tertiary/aromatic N) is 2. The van der Waals surface area contributed by atoms with E-state index in [1.165, 1.54) is 19.3 Å². The van der Waals surface area contributed by atoms with Crippen LogP contribution in [0.15, 0.2) is 42.5 Å². The molecule has 3 aromatic rings. The van der Waals surface area contributed by atoms with Gasteiger partial charge < -0.3 is 23.9 Å². The van der Waals surface area contributed by atoms with Crippen molar-refractivity contribution in [2.45, 2.75) is 51.2 Å². The number of nitrogens with one attached hydrogen (secondary N) is 1. The van der Waals surface area contributed by atoms with Crippen LogP contribution in [0.25, 0.3) is 22.2 Å². The van der Waals surface area contributed by atoms with Gasteiger partial charge in [0.15, 0.2) is 0 Å². The Kier molecular flexibility index (Phi) is 9.66. The largest absolute Gasteiger partial charge is 0.491 e. The molecular formula is C30H38N3O4P. The Morgan fingerprint density at radius 1 is 1.13 bits per heavy atom. The van der Waals surface area contributed by atoms with Crippen LogP contribution in [0.1, 0.15) is 50.6 Å². The van der Waals surface area contributed by atoms with Gasteiger partial charge in [0.1, 0.15) is 24.5 Å². The summed E-state index contributed by atoms with van der Waals surface area (Å²) in [5.74, 6) is 1.49. The maximum absolute atomic E-state index is 10.0. The molecule has 2 aromatic carbocycles. The summed E-state index contributed by atoms with van der Waals surface area (Å²) in [4.78, 5) is 9.73. The lowest BCUT2D eigenvalue weighted by Gasteiger charge is -2.30. The van der Waals surface area contributed by atoms with Crippen molar-refractivity contribution >= 4 is 31.2 Å². The highest BCUT2D eigenvalue weighted by Gasteiger charge is 2.29. The second-order valence-corrected chi connectivity index (χ2v) is 11.9. The molecule has 1 atom stereocenters. The van der Waals surface area contributed by atoms with Gasteiger partial charge in [-0.1, -0.05) is 12.1 Å². The first-order chi connectivity index (χ1) is 18.5. The smallest absolute Gasteiger partial charge is 0.293 e. The number of hydrogen-bond donors (Lipinski definition) is 1. The van der Waals surface area contributed by atoms with Crippen molar-refractivity contribution in [3.8, 4) is 23.1 Å². The molecule has 0 radical (unpaired) electrons. The first kappa shape index (κ1) is 28.0. The van der Waals surface area contributed by atoms with E-state index < -0.39 is 0 Å². The minimum Gasteiger partial charge on any atom is -0.491 e. The van der Waals surface area contributed by atoms with Gasteiger partial charge in [-0.15, -0.1) is 0 Å². The first-order valence-electron chi connectivity index (χ1n) is 13.3. The van der Waals surface area contributed by atoms with Gasteiger partial charge in [0, 0.05) is 38.4 Å². The van der Waals surface area contributed by atoms with Crippen molar-refractivity contribution in [1.82, 2.24) is 4.57 Å². The zero-order valence-electron chi connectivity index (χ0n) is 22.8. The van der Waals surface area contributed by atoms with Crippen molar-refractivity contribution in [2.75, 3.05) is 38.9 Å². The van der Waals surface area contributed by atoms with Crippen molar-refractivity contribution in [2.24, 2.45) is 5.92 Å². The lowest BCUT2D eigenvalue weighted by molar-refractivity contribution is -0.133. The highest BCUT2D eigenvalue weighted by atomic mass is 31.1. The normalized spacial score (nSPS) is 15.7. The Balaban J connectivity index is 0.000000360. The van der Waals surface area contributed by atoms with Gasteiger partial charge in [-0.3, -0.25) is 4.79 Å². The number of nitriles is 1. The maximum atomic E-state index is 10.0. The lowest BCUT2D eigenvalue weighted by atomic mass is 9.92. The number of aromatic nitrogens is 1. The van der Waals surface area contributed by atoms with E-state index in [1.54, 1.807) is 0 Å². The fourth-order valence-corrected chi connectivity index (χ4v) is 5.18. The molecule has 2 fully saturated rings. The topological polar surface area (TPSA) is 85.5 Å². The van der Waals surface area contributed by atoms with E-state index in [2.05, 4.69) is 64.4 Å². The summed E-state index contributed by atoms with van der Waals surface area (Å²) < 4.78 is 18.6. The summed E-state index contributed by atoms with van der Waals surface area (Å²) in [5, 5.41) is 14.2. The molecule has 202 valence electrons. The number of benzene rings is 2. The van der Waals surface area contributed by atoms with E-state index >= 15 is 0 Å². The number of hydrogen-bond acceptors (Lipinski definition) is 6. The standard InChI is InChI=1S/C24H28N3O2P.C6H10O2/c1-26-18-9-7-17(8-10-18)24-22(16-25)21-12-11-20(28-13-14-29-30(2)3)15-23(21)27(24)19-5-4-6-19;1-5(8-4-7)6-2-3-6/h7-12,15,19,26H,4-6,13-14H2,1-3H3;4-6H,2-3H2,1H3/t;5-/m.1/s1. The molecule has 2 aliphatic carbocycles. The van der Waals surface area contributed by atoms with E-state index in [-0.39, 0.29) is 14.3 Å². The zero-order valence-corrected chi connectivity index (χ0v) is 23.7. The van der Waals surface area contributed by atoms with Gasteiger partial charge in [0.25, 0.3) is 6.47 Å². The van der Waals surface area contributed by atoms with Crippen LogP contribution >= 0.6 is 8.15 Å². The molecule has 2 aliphatic rings. The number of ether oxygens (including phenoxy) is 2. The van der Waals surface area contributed by atoms with Gasteiger partial charge in [-0.05, 0) is 88.1 Å². The van der Waals surface area contributed by atoms with Crippen molar-refractivity contribution in [3.63, 3.8) is 0 Å². The van der Waals surface area contributed by atoms with Crippen LogP contribution in [-0.4, -0.2) is 50.7 Å². The highest BCUT2D eigenvalue weighted by molar-refractivity contribution is 7.50. The maximum Gasteiger partial charge on any atom is 0.293 e. The number of carbonyl (C=O) groups excluding carboxylic acids is 1. The Labute approximate surface area is 226 Å². The third-order valence-corrected chi connectivity index (χ3v) is 7.93. The monoisotopic (exact) mass is 535 g/mol. The minimum absolute atomic E-state index is 0.160. The molecule has 1 N–H and O–H groups in total. The van der Waals surface area contributed by atoms with Crippen molar-refractivity contribution in [1.29, 1.82) is 5.26 Å². The molecule has 0 unspecified atom stereocenters. The van der Waals surface area contributed by atoms with E-state index in [4.69, 9.17) is 9.26 Å². The molecule has 8 heteroatoms. The predicted octanol–water partition coefficient (Wildman–Crippen LogP) is 6.96. The third kappa shape index (κ3) is 6.67. The lowest BCUT2D eigenvalue weighted by Crippen LogP contribution is -2.17. The fraction of sp³-hybridized carbons (Fsp3) is 0.467.